The Labute approximate surface area is 118 Å². The molecular formula is C15H20N2OS. The number of thiophene rings is 1. The molecule has 0 spiro atoms. The minimum atomic E-state index is 0.830. The average molecular weight is 276 g/mol. The molecule has 0 aromatic carbocycles. The number of hydrogen-bond acceptors (Lipinski definition) is 4. The Morgan fingerprint density at radius 3 is 3.26 bits per heavy atom. The Hall–Kier alpha value is -1.10. The van der Waals surface area contributed by atoms with E-state index in [-0.39, 0.29) is 0 Å². The van der Waals surface area contributed by atoms with Gasteiger partial charge in [0, 0.05) is 30.1 Å². The quantitative estimate of drug-likeness (QED) is 0.910. The van der Waals surface area contributed by atoms with Gasteiger partial charge in [-0.2, -0.15) is 0 Å². The third kappa shape index (κ3) is 2.91. The summed E-state index contributed by atoms with van der Waals surface area (Å²) in [4.78, 5) is 4.08. The van der Waals surface area contributed by atoms with Crippen LogP contribution in [0, 0.1) is 0 Å². The molecule has 2 aromatic heterocycles. The Bertz CT molecular complexity index is 532. The molecule has 0 saturated carbocycles. The van der Waals surface area contributed by atoms with Crippen molar-refractivity contribution in [2.75, 3.05) is 13.1 Å². The van der Waals surface area contributed by atoms with Crippen molar-refractivity contribution in [3.8, 4) is 0 Å². The highest BCUT2D eigenvalue weighted by atomic mass is 32.1. The lowest BCUT2D eigenvalue weighted by Gasteiger charge is -2.26. The molecule has 1 aliphatic rings. The van der Waals surface area contributed by atoms with E-state index in [2.05, 4.69) is 34.7 Å². The van der Waals surface area contributed by atoms with E-state index in [1.54, 1.807) is 4.88 Å². The fourth-order valence-electron chi connectivity index (χ4n) is 2.58. The Morgan fingerprint density at radius 1 is 1.42 bits per heavy atom. The predicted octanol–water partition coefficient (Wildman–Crippen LogP) is 3.01. The summed E-state index contributed by atoms with van der Waals surface area (Å²) in [5.74, 6) is 1.08. The van der Waals surface area contributed by atoms with E-state index >= 15 is 0 Å². The van der Waals surface area contributed by atoms with Gasteiger partial charge in [-0.3, -0.25) is 4.90 Å². The molecule has 19 heavy (non-hydrogen) atoms. The van der Waals surface area contributed by atoms with Crippen LogP contribution in [0.1, 0.15) is 28.7 Å². The zero-order chi connectivity index (χ0) is 13.1. The largest absolute Gasteiger partial charge is 0.468 e. The topological polar surface area (TPSA) is 28.4 Å². The molecule has 0 bridgehead atoms. The molecule has 102 valence electrons. The molecular weight excluding hydrogens is 256 g/mol. The van der Waals surface area contributed by atoms with Gasteiger partial charge in [0.05, 0.1) is 12.8 Å². The monoisotopic (exact) mass is 276 g/mol. The van der Waals surface area contributed by atoms with Gasteiger partial charge in [-0.25, -0.2) is 0 Å². The zero-order valence-corrected chi connectivity index (χ0v) is 12.1. The highest BCUT2D eigenvalue weighted by Gasteiger charge is 2.18. The number of fused-ring (bicyclic) bond motifs is 1. The second kappa shape index (κ2) is 5.90. The summed E-state index contributed by atoms with van der Waals surface area (Å²) in [6.07, 6.45) is 3.00. The first-order chi connectivity index (χ1) is 9.36. The summed E-state index contributed by atoms with van der Waals surface area (Å²) >= 11 is 1.89. The number of nitrogens with one attached hydrogen (secondary N) is 1. The van der Waals surface area contributed by atoms with Gasteiger partial charge in [0.1, 0.15) is 5.76 Å². The van der Waals surface area contributed by atoms with Crippen molar-refractivity contribution in [3.05, 3.63) is 45.5 Å². The van der Waals surface area contributed by atoms with Crippen LogP contribution in [0.2, 0.25) is 0 Å². The van der Waals surface area contributed by atoms with Gasteiger partial charge in [0.15, 0.2) is 0 Å². The molecule has 0 atom stereocenters. The number of nitrogens with zero attached hydrogens (tertiary/aromatic N) is 1. The average Bonchev–Trinajstić information content (AvgIpc) is 3.05. The van der Waals surface area contributed by atoms with E-state index in [0.29, 0.717) is 0 Å². The molecule has 0 aliphatic carbocycles. The Kier molecular flexibility index (Phi) is 4.01. The molecule has 3 nitrogen and oxygen atoms in total. The van der Waals surface area contributed by atoms with Crippen LogP contribution < -0.4 is 5.32 Å². The summed E-state index contributed by atoms with van der Waals surface area (Å²) in [7, 11) is 0. The molecule has 0 fully saturated rings. The van der Waals surface area contributed by atoms with Crippen LogP contribution in [0.15, 0.2) is 28.2 Å². The van der Waals surface area contributed by atoms with E-state index in [4.69, 9.17) is 4.42 Å². The van der Waals surface area contributed by atoms with Gasteiger partial charge in [-0.15, -0.1) is 11.3 Å². The standard InChI is InChI=1S/C15H20N2OS/c1-2-16-9-14-12(4-7-18-14)10-17-6-3-15-13(11-17)5-8-19-15/h4-5,7-8,16H,2-3,6,9-11H2,1H3. The second-order valence-electron chi connectivity index (χ2n) is 4.98. The van der Waals surface area contributed by atoms with Gasteiger partial charge in [-0.05, 0) is 36.0 Å². The minimum absolute atomic E-state index is 0.830. The lowest BCUT2D eigenvalue weighted by molar-refractivity contribution is 0.245. The van der Waals surface area contributed by atoms with Crippen LogP contribution in [0.5, 0.6) is 0 Å². The van der Waals surface area contributed by atoms with Crippen LogP contribution in [0.4, 0.5) is 0 Å². The summed E-state index contributed by atoms with van der Waals surface area (Å²) in [5, 5.41) is 5.54. The zero-order valence-electron chi connectivity index (χ0n) is 11.3. The van der Waals surface area contributed by atoms with Crippen LogP contribution in [-0.4, -0.2) is 18.0 Å². The second-order valence-corrected chi connectivity index (χ2v) is 5.98. The summed E-state index contributed by atoms with van der Waals surface area (Å²) in [6, 6.07) is 4.37. The third-order valence-electron chi connectivity index (χ3n) is 3.65. The van der Waals surface area contributed by atoms with Crippen LogP contribution in [-0.2, 0) is 26.1 Å². The van der Waals surface area contributed by atoms with Crippen molar-refractivity contribution < 1.29 is 4.42 Å². The van der Waals surface area contributed by atoms with Crippen molar-refractivity contribution >= 4 is 11.3 Å². The van der Waals surface area contributed by atoms with Crippen LogP contribution in [0.3, 0.4) is 0 Å². The lowest BCUT2D eigenvalue weighted by atomic mass is 10.1. The summed E-state index contributed by atoms with van der Waals surface area (Å²) in [5.41, 5.74) is 2.83. The molecule has 3 heterocycles. The first-order valence-corrected chi connectivity index (χ1v) is 7.78. The van der Waals surface area contributed by atoms with Gasteiger partial charge in [0.25, 0.3) is 0 Å². The van der Waals surface area contributed by atoms with Crippen molar-refractivity contribution in [2.45, 2.75) is 33.0 Å². The van der Waals surface area contributed by atoms with Crippen molar-refractivity contribution in [1.29, 1.82) is 0 Å². The van der Waals surface area contributed by atoms with E-state index in [9.17, 15) is 0 Å². The predicted molar refractivity (Wildman–Crippen MR) is 78.2 cm³/mol. The van der Waals surface area contributed by atoms with Gasteiger partial charge >= 0.3 is 0 Å². The van der Waals surface area contributed by atoms with E-state index in [1.165, 1.54) is 17.5 Å². The fourth-order valence-corrected chi connectivity index (χ4v) is 3.47. The SMILES string of the molecule is CCNCc1occc1CN1CCc2sccc2C1. The van der Waals surface area contributed by atoms with E-state index in [1.807, 2.05) is 17.6 Å². The van der Waals surface area contributed by atoms with Crippen molar-refractivity contribution in [1.82, 2.24) is 10.2 Å². The molecule has 4 heteroatoms. The fraction of sp³-hybridized carbons (Fsp3) is 0.467. The van der Waals surface area contributed by atoms with E-state index < -0.39 is 0 Å². The number of rotatable bonds is 5. The van der Waals surface area contributed by atoms with Gasteiger partial charge < -0.3 is 9.73 Å². The lowest BCUT2D eigenvalue weighted by Crippen LogP contribution is -2.29. The highest BCUT2D eigenvalue weighted by Crippen LogP contribution is 2.25. The number of furan rings is 1. The molecule has 2 aromatic rings. The van der Waals surface area contributed by atoms with E-state index in [0.717, 1.165) is 38.5 Å². The molecule has 3 rings (SSSR count). The molecule has 0 unspecified atom stereocenters. The first kappa shape index (κ1) is 12.9. The summed E-state index contributed by atoms with van der Waals surface area (Å²) < 4.78 is 5.58. The number of hydrogen-bond donors (Lipinski definition) is 1. The molecule has 1 aliphatic heterocycles. The normalized spacial score (nSPS) is 15.6. The maximum Gasteiger partial charge on any atom is 0.122 e. The molecule has 0 saturated heterocycles. The van der Waals surface area contributed by atoms with Crippen LogP contribution in [0.25, 0.3) is 0 Å². The van der Waals surface area contributed by atoms with Gasteiger partial charge in [0.2, 0.25) is 0 Å². The maximum absolute atomic E-state index is 5.58. The molecule has 1 N–H and O–H groups in total. The summed E-state index contributed by atoms with van der Waals surface area (Å²) in [6.45, 7) is 7.14. The minimum Gasteiger partial charge on any atom is -0.468 e. The smallest absolute Gasteiger partial charge is 0.122 e. The van der Waals surface area contributed by atoms with Gasteiger partial charge in [-0.1, -0.05) is 6.92 Å². The Morgan fingerprint density at radius 2 is 2.37 bits per heavy atom. The Balaban J connectivity index is 1.64. The molecule has 0 amide bonds. The molecule has 0 radical (unpaired) electrons. The van der Waals surface area contributed by atoms with Crippen molar-refractivity contribution in [2.24, 2.45) is 0 Å². The van der Waals surface area contributed by atoms with Crippen LogP contribution >= 0.6 is 11.3 Å². The van der Waals surface area contributed by atoms with Crippen molar-refractivity contribution in [3.63, 3.8) is 0 Å². The third-order valence-corrected chi connectivity index (χ3v) is 4.68. The maximum atomic E-state index is 5.58. The first-order valence-electron chi connectivity index (χ1n) is 6.90. The highest BCUT2D eigenvalue weighted by molar-refractivity contribution is 7.10.